The van der Waals surface area contributed by atoms with Gasteiger partial charge in [0.1, 0.15) is 22.8 Å². The zero-order valence-electron chi connectivity index (χ0n) is 13.0. The maximum absolute atomic E-state index is 13.0. The van der Waals surface area contributed by atoms with E-state index in [4.69, 9.17) is 16.0 Å². The molecule has 0 saturated heterocycles. The van der Waals surface area contributed by atoms with Gasteiger partial charge in [0.05, 0.1) is 17.6 Å². The van der Waals surface area contributed by atoms with E-state index in [1.807, 2.05) is 6.92 Å². The van der Waals surface area contributed by atoms with Gasteiger partial charge < -0.3 is 14.8 Å². The normalized spacial score (nSPS) is 12.5. The quantitative estimate of drug-likeness (QED) is 0.716. The third-order valence-corrected chi connectivity index (χ3v) is 4.09. The van der Waals surface area contributed by atoms with E-state index in [9.17, 15) is 9.50 Å². The first kappa shape index (κ1) is 16.7. The predicted octanol–water partition coefficient (Wildman–Crippen LogP) is 3.39. The molecule has 0 bridgehead atoms. The predicted molar refractivity (Wildman–Crippen MR) is 88.6 cm³/mol. The summed E-state index contributed by atoms with van der Waals surface area (Å²) in [7, 11) is 0. The number of nitrogens with zero attached hydrogens (tertiary/aromatic N) is 2. The van der Waals surface area contributed by atoms with Gasteiger partial charge in [-0.05, 0) is 43.3 Å². The number of hydrogen-bond donors (Lipinski definition) is 2. The van der Waals surface area contributed by atoms with Crippen LogP contribution in [0.3, 0.4) is 0 Å². The molecule has 2 aromatic heterocycles. The summed E-state index contributed by atoms with van der Waals surface area (Å²) in [5.74, 6) is 0.194. The monoisotopic (exact) mass is 349 g/mol. The first-order valence-corrected chi connectivity index (χ1v) is 7.86. The number of nitrogens with one attached hydrogen (secondary N) is 1. The number of aromatic nitrogens is 2. The van der Waals surface area contributed by atoms with E-state index in [1.54, 1.807) is 28.9 Å². The van der Waals surface area contributed by atoms with Crippen molar-refractivity contribution in [2.75, 3.05) is 6.54 Å². The Labute approximate surface area is 143 Å². The molecule has 0 spiro atoms. The molecule has 0 aliphatic heterocycles. The molecule has 0 radical (unpaired) electrons. The number of rotatable bonds is 6. The molecule has 0 amide bonds. The summed E-state index contributed by atoms with van der Waals surface area (Å²) < 4.78 is 19.8. The van der Waals surface area contributed by atoms with Crippen LogP contribution in [-0.2, 0) is 6.54 Å². The third kappa shape index (κ3) is 3.51. The van der Waals surface area contributed by atoms with Gasteiger partial charge in [-0.3, -0.25) is 0 Å². The molecule has 126 valence electrons. The summed E-state index contributed by atoms with van der Waals surface area (Å²) in [6.07, 6.45) is 0.790. The average molecular weight is 350 g/mol. The summed E-state index contributed by atoms with van der Waals surface area (Å²) in [6.45, 7) is 2.63. The molecule has 7 heteroatoms. The van der Waals surface area contributed by atoms with Crippen LogP contribution in [0.5, 0.6) is 0 Å². The zero-order chi connectivity index (χ0) is 17.1. The summed E-state index contributed by atoms with van der Waals surface area (Å²) in [5.41, 5.74) is 2.28. The minimum Gasteiger partial charge on any atom is -0.467 e. The number of hydrogen-bond acceptors (Lipinski definition) is 4. The molecule has 1 unspecified atom stereocenters. The lowest BCUT2D eigenvalue weighted by molar-refractivity contribution is 0.147. The minimum absolute atomic E-state index is 0.312. The summed E-state index contributed by atoms with van der Waals surface area (Å²) >= 11 is 6.40. The highest BCUT2D eigenvalue weighted by Crippen LogP contribution is 2.23. The summed E-state index contributed by atoms with van der Waals surface area (Å²) in [5, 5.41) is 18.0. The van der Waals surface area contributed by atoms with E-state index in [1.165, 1.54) is 18.4 Å². The van der Waals surface area contributed by atoms with Gasteiger partial charge in [-0.1, -0.05) is 11.6 Å². The standard InChI is InChI=1S/C17H17ClFN3O2/c1-11-14(9-20-10-15(23)16-3-2-8-24-16)17(18)22(21-11)13-6-4-12(19)5-7-13/h2-8,15,20,23H,9-10H2,1H3. The number of aliphatic hydroxyl groups excluding tert-OH is 1. The van der Waals surface area contributed by atoms with Gasteiger partial charge in [0, 0.05) is 18.7 Å². The fourth-order valence-corrected chi connectivity index (χ4v) is 2.74. The van der Waals surface area contributed by atoms with E-state index in [-0.39, 0.29) is 5.82 Å². The van der Waals surface area contributed by atoms with Crippen molar-refractivity contribution in [3.8, 4) is 5.69 Å². The van der Waals surface area contributed by atoms with Crippen LogP contribution in [-0.4, -0.2) is 21.4 Å². The van der Waals surface area contributed by atoms with Crippen molar-refractivity contribution in [2.45, 2.75) is 19.6 Å². The fraction of sp³-hybridized carbons (Fsp3) is 0.235. The Kier molecular flexibility index (Phi) is 4.99. The Hall–Kier alpha value is -2.15. The molecule has 0 aliphatic rings. The molecule has 2 N–H and O–H groups in total. The molecule has 24 heavy (non-hydrogen) atoms. The molecule has 3 rings (SSSR count). The highest BCUT2D eigenvalue weighted by atomic mass is 35.5. The first-order chi connectivity index (χ1) is 11.6. The lowest BCUT2D eigenvalue weighted by Gasteiger charge is -2.09. The number of halogens is 2. The highest BCUT2D eigenvalue weighted by molar-refractivity contribution is 6.30. The number of aliphatic hydroxyl groups is 1. The van der Waals surface area contributed by atoms with Gasteiger partial charge in [0.2, 0.25) is 0 Å². The molecule has 1 atom stereocenters. The highest BCUT2D eigenvalue weighted by Gasteiger charge is 2.16. The largest absolute Gasteiger partial charge is 0.467 e. The van der Waals surface area contributed by atoms with Crippen molar-refractivity contribution in [2.24, 2.45) is 0 Å². The van der Waals surface area contributed by atoms with Gasteiger partial charge >= 0.3 is 0 Å². The van der Waals surface area contributed by atoms with Crippen molar-refractivity contribution in [3.63, 3.8) is 0 Å². The van der Waals surface area contributed by atoms with Crippen molar-refractivity contribution < 1.29 is 13.9 Å². The molecule has 1 aromatic carbocycles. The lowest BCUT2D eigenvalue weighted by atomic mass is 10.2. The second kappa shape index (κ2) is 7.17. The fourth-order valence-electron chi connectivity index (χ4n) is 2.40. The molecule has 2 heterocycles. The van der Waals surface area contributed by atoms with Crippen molar-refractivity contribution in [1.82, 2.24) is 15.1 Å². The van der Waals surface area contributed by atoms with Crippen LogP contribution in [0.4, 0.5) is 4.39 Å². The molecule has 0 aliphatic carbocycles. The van der Waals surface area contributed by atoms with Gasteiger partial charge in [0.15, 0.2) is 0 Å². The van der Waals surface area contributed by atoms with Crippen molar-refractivity contribution in [3.05, 3.63) is 70.6 Å². The third-order valence-electron chi connectivity index (χ3n) is 3.70. The second-order valence-corrected chi connectivity index (χ2v) is 5.76. The van der Waals surface area contributed by atoms with E-state index in [0.717, 1.165) is 11.3 Å². The average Bonchev–Trinajstić information content (AvgIpc) is 3.19. The smallest absolute Gasteiger partial charge is 0.137 e. The van der Waals surface area contributed by atoms with E-state index >= 15 is 0 Å². The lowest BCUT2D eigenvalue weighted by Crippen LogP contribution is -2.21. The Morgan fingerprint density at radius 2 is 2.08 bits per heavy atom. The van der Waals surface area contributed by atoms with E-state index in [2.05, 4.69) is 10.4 Å². The van der Waals surface area contributed by atoms with Crippen LogP contribution in [0.15, 0.2) is 47.1 Å². The molecular formula is C17H17ClFN3O2. The first-order valence-electron chi connectivity index (χ1n) is 7.48. The summed E-state index contributed by atoms with van der Waals surface area (Å²) in [6, 6.07) is 9.40. The zero-order valence-corrected chi connectivity index (χ0v) is 13.8. The number of benzene rings is 1. The topological polar surface area (TPSA) is 63.2 Å². The Bertz CT molecular complexity index is 800. The molecule has 3 aromatic rings. The van der Waals surface area contributed by atoms with Crippen LogP contribution >= 0.6 is 11.6 Å². The second-order valence-electron chi connectivity index (χ2n) is 5.41. The number of aryl methyl sites for hydroxylation is 1. The SMILES string of the molecule is Cc1nn(-c2ccc(F)cc2)c(Cl)c1CNCC(O)c1ccco1. The van der Waals surface area contributed by atoms with Crippen molar-refractivity contribution in [1.29, 1.82) is 0 Å². The van der Waals surface area contributed by atoms with Crippen LogP contribution in [0.25, 0.3) is 5.69 Å². The van der Waals surface area contributed by atoms with Crippen molar-refractivity contribution >= 4 is 11.6 Å². The Morgan fingerprint density at radius 1 is 1.33 bits per heavy atom. The maximum atomic E-state index is 13.0. The molecule has 0 saturated carbocycles. The van der Waals surface area contributed by atoms with E-state index < -0.39 is 6.10 Å². The van der Waals surface area contributed by atoms with Gasteiger partial charge in [-0.2, -0.15) is 5.10 Å². The summed E-state index contributed by atoms with van der Waals surface area (Å²) in [4.78, 5) is 0. The van der Waals surface area contributed by atoms with Crippen LogP contribution in [0.2, 0.25) is 5.15 Å². The van der Waals surface area contributed by atoms with E-state index in [0.29, 0.717) is 29.7 Å². The molecule has 0 fully saturated rings. The Morgan fingerprint density at radius 3 is 2.75 bits per heavy atom. The van der Waals surface area contributed by atoms with Crippen LogP contribution in [0, 0.1) is 12.7 Å². The number of furan rings is 1. The Balaban J connectivity index is 1.69. The van der Waals surface area contributed by atoms with Crippen LogP contribution < -0.4 is 5.32 Å². The van der Waals surface area contributed by atoms with Crippen LogP contribution in [0.1, 0.15) is 23.1 Å². The maximum Gasteiger partial charge on any atom is 0.137 e. The minimum atomic E-state index is -0.730. The van der Waals surface area contributed by atoms with Gasteiger partial charge in [-0.25, -0.2) is 9.07 Å². The van der Waals surface area contributed by atoms with Gasteiger partial charge in [0.25, 0.3) is 0 Å². The van der Waals surface area contributed by atoms with Gasteiger partial charge in [-0.15, -0.1) is 0 Å². The molecular weight excluding hydrogens is 333 g/mol. The molecule has 5 nitrogen and oxygen atoms in total.